The van der Waals surface area contributed by atoms with Crippen LogP contribution in [0, 0.1) is 0 Å². The number of unbranched alkanes of at least 4 members (excludes halogenated alkanes) is 7. The third-order valence-electron chi connectivity index (χ3n) is 4.69. The summed E-state index contributed by atoms with van der Waals surface area (Å²) in [5.41, 5.74) is 0.950. The summed E-state index contributed by atoms with van der Waals surface area (Å²) < 4.78 is 38.2. The molecular formula is C22H29NaO5S. The summed E-state index contributed by atoms with van der Waals surface area (Å²) >= 11 is 0. The number of ether oxygens (including phenoxy) is 1. The Labute approximate surface area is 196 Å². The molecule has 0 aromatic heterocycles. The predicted molar refractivity (Wildman–Crippen MR) is 109 cm³/mol. The molecule has 2 aromatic carbocycles. The van der Waals surface area contributed by atoms with Crippen molar-refractivity contribution < 1.29 is 52.4 Å². The molecule has 7 heteroatoms. The molecule has 0 aliphatic heterocycles. The minimum absolute atomic E-state index is 0. The number of aryl methyl sites for hydroxylation is 1. The van der Waals surface area contributed by atoms with Gasteiger partial charge in [0.1, 0.15) is 16.4 Å². The summed E-state index contributed by atoms with van der Waals surface area (Å²) in [6, 6.07) is 10.6. The fourth-order valence-electron chi connectivity index (χ4n) is 3.16. The van der Waals surface area contributed by atoms with E-state index in [1.165, 1.54) is 38.5 Å². The van der Waals surface area contributed by atoms with E-state index in [-0.39, 0.29) is 41.1 Å². The van der Waals surface area contributed by atoms with E-state index in [0.717, 1.165) is 43.0 Å². The molecule has 5 nitrogen and oxygen atoms in total. The van der Waals surface area contributed by atoms with Crippen LogP contribution in [0.5, 0.6) is 17.2 Å². The number of para-hydroxylation sites is 1. The molecule has 154 valence electrons. The van der Waals surface area contributed by atoms with E-state index in [4.69, 9.17) is 4.74 Å². The van der Waals surface area contributed by atoms with Gasteiger partial charge in [0.25, 0.3) is 10.1 Å². The molecule has 0 bridgehead atoms. The third kappa shape index (κ3) is 9.09. The van der Waals surface area contributed by atoms with Crippen LogP contribution < -0.4 is 39.4 Å². The largest absolute Gasteiger partial charge is 1.00 e. The van der Waals surface area contributed by atoms with E-state index < -0.39 is 15.0 Å². The van der Waals surface area contributed by atoms with Crippen molar-refractivity contribution in [3.05, 3.63) is 48.0 Å². The van der Waals surface area contributed by atoms with Crippen LogP contribution in [0.15, 0.2) is 47.4 Å². The fraction of sp³-hybridized carbons (Fsp3) is 0.455. The maximum atomic E-state index is 11.6. The summed E-state index contributed by atoms with van der Waals surface area (Å²) in [5, 5.41) is 11.6. The van der Waals surface area contributed by atoms with Crippen molar-refractivity contribution in [2.45, 2.75) is 69.6 Å². The molecule has 0 aliphatic carbocycles. The van der Waals surface area contributed by atoms with Gasteiger partial charge in [-0.05, 0) is 36.6 Å². The second kappa shape index (κ2) is 13.3. The van der Waals surface area contributed by atoms with Gasteiger partial charge in [0, 0.05) is 0 Å². The minimum atomic E-state index is -4.48. The van der Waals surface area contributed by atoms with Crippen molar-refractivity contribution in [1.29, 1.82) is 0 Å². The summed E-state index contributed by atoms with van der Waals surface area (Å²) in [6.45, 7) is 2.21. The van der Waals surface area contributed by atoms with Crippen molar-refractivity contribution in [2.24, 2.45) is 0 Å². The normalized spacial score (nSPS) is 11.1. The summed E-state index contributed by atoms with van der Waals surface area (Å²) in [7, 11) is -4.48. The summed E-state index contributed by atoms with van der Waals surface area (Å²) in [4.78, 5) is -0.408. The van der Waals surface area contributed by atoms with Crippen LogP contribution in [-0.2, 0) is 16.5 Å². The molecule has 0 unspecified atom stereocenters. The fourth-order valence-corrected chi connectivity index (χ4v) is 3.75. The predicted octanol–water partition coefficient (Wildman–Crippen LogP) is 2.49. The van der Waals surface area contributed by atoms with Crippen LogP contribution in [0.4, 0.5) is 0 Å². The Morgan fingerprint density at radius 2 is 1.52 bits per heavy atom. The van der Waals surface area contributed by atoms with E-state index in [9.17, 15) is 18.1 Å². The Morgan fingerprint density at radius 1 is 0.897 bits per heavy atom. The van der Waals surface area contributed by atoms with E-state index >= 15 is 0 Å². The molecule has 0 saturated heterocycles. The average Bonchev–Trinajstić information content (AvgIpc) is 2.64. The van der Waals surface area contributed by atoms with Crippen LogP contribution >= 0.6 is 0 Å². The smallest absolute Gasteiger partial charge is 0.872 e. The molecule has 2 rings (SSSR count). The first-order chi connectivity index (χ1) is 13.4. The number of hydrogen-bond donors (Lipinski definition) is 1. The van der Waals surface area contributed by atoms with Crippen molar-refractivity contribution in [3.63, 3.8) is 0 Å². The Balaban J connectivity index is 0.00000420. The standard InChI is InChI=1S/C22H30O5S.Na/c1-2-3-4-5-6-7-8-9-12-18-13-10-11-14-20(18)27-21-17-19(23)15-16-22(21)28(24,25)26;/h10-11,13-17,23H,2-9,12H2,1H3,(H,24,25,26);/q;+1/p-1. The second-order valence-electron chi connectivity index (χ2n) is 7.02. The van der Waals surface area contributed by atoms with Crippen LogP contribution in [0.25, 0.3) is 0 Å². The number of hydrogen-bond acceptors (Lipinski definition) is 4. The monoisotopic (exact) mass is 428 g/mol. The number of rotatable bonds is 12. The first-order valence-electron chi connectivity index (χ1n) is 9.96. The number of benzene rings is 2. The molecule has 0 aliphatic rings. The van der Waals surface area contributed by atoms with Crippen molar-refractivity contribution >= 4 is 10.1 Å². The van der Waals surface area contributed by atoms with Gasteiger partial charge in [0.05, 0.1) is 0 Å². The Bertz CT molecular complexity index is 852. The summed E-state index contributed by atoms with van der Waals surface area (Å²) in [6.07, 6.45) is 10.6. The molecular weight excluding hydrogens is 399 g/mol. The first-order valence-corrected chi connectivity index (χ1v) is 11.4. The molecule has 0 heterocycles. The average molecular weight is 429 g/mol. The molecule has 0 radical (unpaired) electrons. The Hall–Kier alpha value is -1.05. The third-order valence-corrected chi connectivity index (χ3v) is 5.58. The second-order valence-corrected chi connectivity index (χ2v) is 8.41. The molecule has 2 aromatic rings. The van der Waals surface area contributed by atoms with Gasteiger partial charge in [0.15, 0.2) is 0 Å². The van der Waals surface area contributed by atoms with Crippen LogP contribution in [-0.4, -0.2) is 13.0 Å². The van der Waals surface area contributed by atoms with Crippen LogP contribution in [0.3, 0.4) is 0 Å². The van der Waals surface area contributed by atoms with Gasteiger partial charge < -0.3 is 9.84 Å². The molecule has 0 atom stereocenters. The van der Waals surface area contributed by atoms with Crippen molar-refractivity contribution in [1.82, 2.24) is 0 Å². The van der Waals surface area contributed by atoms with E-state index in [2.05, 4.69) is 6.92 Å². The molecule has 1 N–H and O–H groups in total. The first kappa shape index (κ1) is 26.0. The van der Waals surface area contributed by atoms with Crippen LogP contribution in [0.1, 0.15) is 63.9 Å². The Morgan fingerprint density at radius 3 is 2.17 bits per heavy atom. The zero-order valence-corrected chi connectivity index (χ0v) is 20.2. The van der Waals surface area contributed by atoms with Gasteiger partial charge in [-0.3, -0.25) is 4.55 Å². The van der Waals surface area contributed by atoms with E-state index in [1.807, 2.05) is 12.1 Å². The zero-order chi connectivity index (χ0) is 20.4. The maximum absolute atomic E-state index is 11.6. The summed E-state index contributed by atoms with van der Waals surface area (Å²) in [5.74, 6) is -0.0396. The van der Waals surface area contributed by atoms with Crippen LogP contribution in [0.2, 0.25) is 0 Å². The molecule has 0 fully saturated rings. The van der Waals surface area contributed by atoms with Gasteiger partial charge in [-0.1, -0.05) is 76.1 Å². The Kier molecular flexibility index (Phi) is 11.9. The van der Waals surface area contributed by atoms with Crippen molar-refractivity contribution in [2.75, 3.05) is 0 Å². The van der Waals surface area contributed by atoms with E-state index in [0.29, 0.717) is 5.75 Å². The van der Waals surface area contributed by atoms with Gasteiger partial charge in [-0.25, -0.2) is 0 Å². The molecule has 0 spiro atoms. The van der Waals surface area contributed by atoms with Crippen molar-refractivity contribution in [3.8, 4) is 17.2 Å². The topological polar surface area (TPSA) is 86.7 Å². The van der Waals surface area contributed by atoms with Gasteiger partial charge in [0.2, 0.25) is 0 Å². The molecule has 29 heavy (non-hydrogen) atoms. The van der Waals surface area contributed by atoms with E-state index in [1.54, 1.807) is 12.1 Å². The van der Waals surface area contributed by atoms with Gasteiger partial charge in [-0.15, -0.1) is 5.75 Å². The SMILES string of the molecule is CCCCCCCCCCc1ccccc1Oc1cc([O-])ccc1S(=O)(=O)O.[Na+]. The van der Waals surface area contributed by atoms with Gasteiger partial charge >= 0.3 is 29.6 Å². The van der Waals surface area contributed by atoms with Gasteiger partial charge in [-0.2, -0.15) is 8.42 Å². The zero-order valence-electron chi connectivity index (χ0n) is 17.4. The molecule has 0 saturated carbocycles. The maximum Gasteiger partial charge on any atom is 1.00 e. The molecule has 0 amide bonds. The quantitative estimate of drug-likeness (QED) is 0.319. The minimum Gasteiger partial charge on any atom is -0.872 e.